The normalized spacial score (nSPS) is 9.94. The number of aromatic hydroxyl groups is 1. The number of ketones is 1. The molecule has 6 nitrogen and oxygen atoms in total. The Kier molecular flexibility index (Phi) is 4.67. The molecule has 0 aromatic heterocycles. The molecule has 6 heteroatoms. The van der Waals surface area contributed by atoms with Crippen molar-refractivity contribution in [2.45, 2.75) is 6.42 Å². The van der Waals surface area contributed by atoms with E-state index in [4.69, 9.17) is 10.5 Å². The maximum absolute atomic E-state index is 11.7. The van der Waals surface area contributed by atoms with Gasteiger partial charge in [-0.15, -0.1) is 0 Å². The Morgan fingerprint density at radius 3 is 2.50 bits per heavy atom. The van der Waals surface area contributed by atoms with Crippen LogP contribution in [0.2, 0.25) is 0 Å². The largest absolute Gasteiger partial charge is 0.504 e. The molecule has 0 radical (unpaired) electrons. The van der Waals surface area contributed by atoms with Crippen molar-refractivity contribution >= 4 is 11.8 Å². The first-order chi connectivity index (χ1) is 8.54. The maximum atomic E-state index is 11.7. The van der Waals surface area contributed by atoms with E-state index in [0.717, 1.165) is 0 Å². The highest BCUT2D eigenvalue weighted by atomic mass is 16.5. The predicted octanol–water partition coefficient (Wildman–Crippen LogP) is 0.719. The number of carbonyl (C=O) groups excluding carboxylic acids is 2. The summed E-state index contributed by atoms with van der Waals surface area (Å²) in [6, 6.07) is 2.57. The van der Waals surface area contributed by atoms with Crippen LogP contribution in [-0.2, 0) is 4.74 Å². The fraction of sp³-hybridized carbons (Fsp3) is 0.333. The zero-order valence-corrected chi connectivity index (χ0v) is 10.2. The lowest BCUT2D eigenvalue weighted by Gasteiger charge is -2.10. The first kappa shape index (κ1) is 14.0. The summed E-state index contributed by atoms with van der Waals surface area (Å²) in [4.78, 5) is 23.2. The second-order valence-corrected chi connectivity index (χ2v) is 3.53. The number of nitrogens with two attached hydrogens (primary N) is 1. The van der Waals surface area contributed by atoms with Crippen molar-refractivity contribution in [1.82, 2.24) is 0 Å². The predicted molar refractivity (Wildman–Crippen MR) is 64.0 cm³/mol. The number of esters is 1. The van der Waals surface area contributed by atoms with Gasteiger partial charge in [0, 0.05) is 6.42 Å². The summed E-state index contributed by atoms with van der Waals surface area (Å²) < 4.78 is 9.47. The molecule has 1 rings (SSSR count). The number of rotatable bonds is 5. The van der Waals surface area contributed by atoms with Crippen molar-refractivity contribution in [3.8, 4) is 11.5 Å². The summed E-state index contributed by atoms with van der Waals surface area (Å²) in [7, 11) is 2.55. The topological polar surface area (TPSA) is 98.9 Å². The lowest BCUT2D eigenvalue weighted by Crippen LogP contribution is -2.10. The molecule has 1 aromatic carbocycles. The molecule has 98 valence electrons. The van der Waals surface area contributed by atoms with Crippen LogP contribution in [0.25, 0.3) is 0 Å². The number of phenols is 1. The maximum Gasteiger partial charge on any atom is 0.338 e. The number of phenolic OH excluding ortho intramolecular Hbond substituents is 1. The van der Waals surface area contributed by atoms with Gasteiger partial charge in [-0.05, 0) is 18.7 Å². The van der Waals surface area contributed by atoms with Gasteiger partial charge in [0.1, 0.15) is 0 Å². The minimum absolute atomic E-state index is 0.000185. The van der Waals surface area contributed by atoms with Crippen molar-refractivity contribution in [2.24, 2.45) is 5.73 Å². The van der Waals surface area contributed by atoms with E-state index in [1.54, 1.807) is 0 Å². The van der Waals surface area contributed by atoms with Gasteiger partial charge in [0.05, 0.1) is 25.3 Å². The highest BCUT2D eigenvalue weighted by Crippen LogP contribution is 2.32. The molecule has 0 saturated carbocycles. The number of Topliss-reactive ketones (excluding diaryl/α,β-unsaturated/α-hetero) is 1. The third kappa shape index (κ3) is 2.78. The van der Waals surface area contributed by atoms with E-state index >= 15 is 0 Å². The van der Waals surface area contributed by atoms with E-state index < -0.39 is 5.97 Å². The summed E-state index contributed by atoms with van der Waals surface area (Å²) in [6.07, 6.45) is 0.0708. The van der Waals surface area contributed by atoms with Crippen LogP contribution in [-0.4, -0.2) is 37.6 Å². The molecule has 0 atom stereocenters. The van der Waals surface area contributed by atoms with Crippen LogP contribution in [0.15, 0.2) is 12.1 Å². The molecule has 0 aliphatic carbocycles. The van der Waals surface area contributed by atoms with Crippen molar-refractivity contribution in [2.75, 3.05) is 20.8 Å². The van der Waals surface area contributed by atoms with Gasteiger partial charge in [0.15, 0.2) is 17.3 Å². The Bertz CT molecular complexity index is 470. The molecular formula is C12H15NO5. The van der Waals surface area contributed by atoms with E-state index in [1.165, 1.54) is 26.4 Å². The van der Waals surface area contributed by atoms with Gasteiger partial charge < -0.3 is 20.3 Å². The van der Waals surface area contributed by atoms with E-state index in [2.05, 4.69) is 4.74 Å². The standard InChI is InChI=1S/C12H15NO5/c1-17-10-6-7(12(16)18-2)5-8(11(10)15)9(14)3-4-13/h5-6,15H,3-4,13H2,1-2H3. The molecule has 0 amide bonds. The molecule has 0 unspecified atom stereocenters. The van der Waals surface area contributed by atoms with Crippen LogP contribution in [0.3, 0.4) is 0 Å². The second kappa shape index (κ2) is 6.02. The first-order valence-corrected chi connectivity index (χ1v) is 5.27. The van der Waals surface area contributed by atoms with E-state index in [0.29, 0.717) is 0 Å². The SMILES string of the molecule is COC(=O)c1cc(OC)c(O)c(C(=O)CCN)c1. The Hall–Kier alpha value is -2.08. The Morgan fingerprint density at radius 2 is 2.00 bits per heavy atom. The molecule has 1 aromatic rings. The summed E-state index contributed by atoms with van der Waals surface area (Å²) >= 11 is 0. The zero-order valence-electron chi connectivity index (χ0n) is 10.2. The highest BCUT2D eigenvalue weighted by molar-refractivity contribution is 6.02. The fourth-order valence-electron chi connectivity index (χ4n) is 1.48. The molecule has 0 bridgehead atoms. The van der Waals surface area contributed by atoms with E-state index in [9.17, 15) is 14.7 Å². The Balaban J connectivity index is 3.31. The van der Waals surface area contributed by atoms with Crippen LogP contribution in [0.4, 0.5) is 0 Å². The molecule has 0 aliphatic heterocycles. The molecule has 18 heavy (non-hydrogen) atoms. The lowest BCUT2D eigenvalue weighted by atomic mass is 10.0. The number of hydrogen-bond donors (Lipinski definition) is 2. The van der Waals surface area contributed by atoms with Crippen LogP contribution >= 0.6 is 0 Å². The van der Waals surface area contributed by atoms with Gasteiger partial charge in [-0.25, -0.2) is 4.79 Å². The van der Waals surface area contributed by atoms with Crippen LogP contribution in [0, 0.1) is 0 Å². The third-order valence-corrected chi connectivity index (χ3v) is 2.39. The minimum Gasteiger partial charge on any atom is -0.504 e. The van der Waals surface area contributed by atoms with Gasteiger partial charge in [-0.3, -0.25) is 4.79 Å². The molecule has 0 saturated heterocycles. The third-order valence-electron chi connectivity index (χ3n) is 2.39. The molecule has 0 fully saturated rings. The van der Waals surface area contributed by atoms with Gasteiger partial charge in [-0.1, -0.05) is 0 Å². The monoisotopic (exact) mass is 253 g/mol. The van der Waals surface area contributed by atoms with Crippen molar-refractivity contribution in [1.29, 1.82) is 0 Å². The average molecular weight is 253 g/mol. The van der Waals surface area contributed by atoms with Gasteiger partial charge in [-0.2, -0.15) is 0 Å². The zero-order chi connectivity index (χ0) is 13.7. The minimum atomic E-state index is -0.616. The van der Waals surface area contributed by atoms with Crippen molar-refractivity contribution in [3.63, 3.8) is 0 Å². The first-order valence-electron chi connectivity index (χ1n) is 5.27. The van der Waals surface area contributed by atoms with Crippen LogP contribution in [0.1, 0.15) is 27.1 Å². The number of carbonyl (C=O) groups is 2. The van der Waals surface area contributed by atoms with Crippen molar-refractivity contribution < 1.29 is 24.2 Å². The Labute approximate surface area is 104 Å². The summed E-state index contributed by atoms with van der Waals surface area (Å²) in [5.41, 5.74) is 5.42. The molecule has 3 N–H and O–H groups in total. The van der Waals surface area contributed by atoms with Gasteiger partial charge >= 0.3 is 5.97 Å². The quantitative estimate of drug-likeness (QED) is 0.592. The van der Waals surface area contributed by atoms with Gasteiger partial charge in [0.2, 0.25) is 0 Å². The number of ether oxygens (including phenoxy) is 2. The molecule has 0 aliphatic rings. The van der Waals surface area contributed by atoms with E-state index in [1.807, 2.05) is 0 Å². The van der Waals surface area contributed by atoms with E-state index in [-0.39, 0.29) is 41.4 Å². The average Bonchev–Trinajstić information content (AvgIpc) is 2.38. The smallest absolute Gasteiger partial charge is 0.338 e. The lowest BCUT2D eigenvalue weighted by molar-refractivity contribution is 0.0600. The van der Waals surface area contributed by atoms with Gasteiger partial charge in [0.25, 0.3) is 0 Å². The van der Waals surface area contributed by atoms with Crippen LogP contribution < -0.4 is 10.5 Å². The van der Waals surface area contributed by atoms with Crippen molar-refractivity contribution in [3.05, 3.63) is 23.3 Å². The molecular weight excluding hydrogens is 238 g/mol. The number of benzene rings is 1. The molecule has 0 spiro atoms. The highest BCUT2D eigenvalue weighted by Gasteiger charge is 2.19. The summed E-state index contributed by atoms with van der Waals surface area (Å²) in [5, 5.41) is 9.83. The number of methoxy groups -OCH3 is 2. The Morgan fingerprint density at radius 1 is 1.33 bits per heavy atom. The summed E-state index contributed by atoms with van der Waals surface area (Å²) in [6.45, 7) is 0.156. The molecule has 0 heterocycles. The second-order valence-electron chi connectivity index (χ2n) is 3.53. The van der Waals surface area contributed by atoms with Crippen LogP contribution in [0.5, 0.6) is 11.5 Å². The number of hydrogen-bond acceptors (Lipinski definition) is 6. The fourth-order valence-corrected chi connectivity index (χ4v) is 1.48. The summed E-state index contributed by atoms with van der Waals surface area (Å²) in [5.74, 6) is -1.24.